The van der Waals surface area contributed by atoms with Crippen LogP contribution in [0.2, 0.25) is 0 Å². The number of ketones is 1. The van der Waals surface area contributed by atoms with Gasteiger partial charge < -0.3 is 19.9 Å². The minimum Gasteiger partial charge on any atom is -0.389 e. The quantitative estimate of drug-likeness (QED) is 0.570. The number of aryl methyl sites for hydroxylation is 1. The van der Waals surface area contributed by atoms with Crippen molar-refractivity contribution in [1.82, 2.24) is 14.8 Å². The number of aromatic amines is 1. The lowest BCUT2D eigenvalue weighted by atomic mass is 10.1. The van der Waals surface area contributed by atoms with Gasteiger partial charge in [-0.15, -0.1) is 0 Å². The van der Waals surface area contributed by atoms with Crippen molar-refractivity contribution in [3.05, 3.63) is 35.5 Å². The number of aromatic nitrogens is 1. The van der Waals surface area contributed by atoms with Gasteiger partial charge in [-0.05, 0) is 37.5 Å². The Bertz CT molecular complexity index is 913. The molecule has 0 saturated carbocycles. The number of hydrogen-bond donors (Lipinski definition) is 2. The number of carbonyl (C=O) groups is 3. The molecule has 0 radical (unpaired) electrons. The zero-order valence-electron chi connectivity index (χ0n) is 18.4. The third-order valence-corrected chi connectivity index (χ3v) is 6.02. The van der Waals surface area contributed by atoms with Crippen molar-refractivity contribution < 1.29 is 19.5 Å². The highest BCUT2D eigenvalue weighted by Crippen LogP contribution is 2.21. The van der Waals surface area contributed by atoms with Crippen molar-refractivity contribution in [3.63, 3.8) is 0 Å². The number of hydrogen-bond acceptors (Lipinski definition) is 4. The molecule has 31 heavy (non-hydrogen) atoms. The lowest BCUT2D eigenvalue weighted by Crippen LogP contribution is -2.50. The Hall–Kier alpha value is -2.67. The van der Waals surface area contributed by atoms with Crippen molar-refractivity contribution in [2.75, 3.05) is 32.8 Å². The number of Topliss-reactive ketones (excluding diaryl/α,β-unsaturated/α-hetero) is 1. The molecule has 1 aliphatic rings. The summed E-state index contributed by atoms with van der Waals surface area (Å²) >= 11 is 0. The summed E-state index contributed by atoms with van der Waals surface area (Å²) in [6.45, 7) is 4.00. The van der Waals surface area contributed by atoms with E-state index in [2.05, 4.69) is 17.1 Å². The molecule has 2 amide bonds. The molecule has 1 saturated heterocycles. The predicted octanol–water partition coefficient (Wildman–Crippen LogP) is 2.59. The number of carbonyl (C=O) groups excluding carboxylic acids is 3. The minimum absolute atomic E-state index is 0.104. The zero-order chi connectivity index (χ0) is 22.2. The first-order valence-electron chi connectivity index (χ1n) is 11.2. The standard InChI is InChI=1S/C24H33N3O4/c1-18-8-9-22-21(14-18)19(16-25-22)15-24(31)27-12-10-26(11-13-27)23(30)7-5-3-2-4-6-20(29)17-28/h8-9,14,16,25,28H,2-7,10-13,15,17H2,1H3. The second-order valence-electron chi connectivity index (χ2n) is 8.41. The number of fused-ring (bicyclic) bond motifs is 1. The zero-order valence-corrected chi connectivity index (χ0v) is 18.4. The van der Waals surface area contributed by atoms with Crippen molar-refractivity contribution in [2.45, 2.75) is 51.9 Å². The predicted molar refractivity (Wildman–Crippen MR) is 120 cm³/mol. The molecule has 1 fully saturated rings. The van der Waals surface area contributed by atoms with E-state index in [9.17, 15) is 14.4 Å². The van der Waals surface area contributed by atoms with E-state index in [4.69, 9.17) is 5.11 Å². The van der Waals surface area contributed by atoms with Crippen molar-refractivity contribution >= 4 is 28.5 Å². The monoisotopic (exact) mass is 427 g/mol. The van der Waals surface area contributed by atoms with Gasteiger partial charge in [-0.3, -0.25) is 14.4 Å². The fourth-order valence-electron chi connectivity index (χ4n) is 4.11. The van der Waals surface area contributed by atoms with E-state index in [-0.39, 0.29) is 24.2 Å². The molecule has 2 heterocycles. The summed E-state index contributed by atoms with van der Waals surface area (Å²) in [6, 6.07) is 6.20. The Morgan fingerprint density at radius 3 is 2.26 bits per heavy atom. The molecular formula is C24H33N3O4. The third-order valence-electron chi connectivity index (χ3n) is 6.02. The van der Waals surface area contributed by atoms with Crippen molar-refractivity contribution in [3.8, 4) is 0 Å². The number of nitrogens with one attached hydrogen (secondary N) is 1. The number of amides is 2. The Kier molecular flexibility index (Phi) is 8.23. The number of rotatable bonds is 10. The highest BCUT2D eigenvalue weighted by Gasteiger charge is 2.24. The molecule has 0 aliphatic carbocycles. The smallest absolute Gasteiger partial charge is 0.227 e. The summed E-state index contributed by atoms with van der Waals surface area (Å²) in [5.74, 6) is 0.126. The lowest BCUT2D eigenvalue weighted by molar-refractivity contribution is -0.139. The van der Waals surface area contributed by atoms with Gasteiger partial charge in [-0.2, -0.15) is 0 Å². The first-order chi connectivity index (χ1) is 15.0. The lowest BCUT2D eigenvalue weighted by Gasteiger charge is -2.35. The number of benzene rings is 1. The molecule has 1 aromatic carbocycles. The molecule has 0 bridgehead atoms. The molecular weight excluding hydrogens is 394 g/mol. The number of H-pyrrole nitrogens is 1. The number of aliphatic hydroxyl groups excluding tert-OH is 1. The van der Waals surface area contributed by atoms with Crippen LogP contribution < -0.4 is 0 Å². The van der Waals surface area contributed by atoms with Crippen LogP contribution in [0, 0.1) is 6.92 Å². The molecule has 3 rings (SSSR count). The maximum absolute atomic E-state index is 12.8. The molecule has 2 N–H and O–H groups in total. The molecule has 168 valence electrons. The maximum Gasteiger partial charge on any atom is 0.227 e. The molecule has 7 nitrogen and oxygen atoms in total. The molecule has 1 aliphatic heterocycles. The topological polar surface area (TPSA) is 93.7 Å². The maximum atomic E-state index is 12.8. The SMILES string of the molecule is Cc1ccc2[nH]cc(CC(=O)N3CCN(C(=O)CCCCCCC(=O)CO)CC3)c2c1. The second-order valence-corrected chi connectivity index (χ2v) is 8.41. The molecule has 2 aromatic rings. The van der Waals surface area contributed by atoms with Gasteiger partial charge in [0.25, 0.3) is 0 Å². The number of nitrogens with zero attached hydrogens (tertiary/aromatic N) is 2. The van der Waals surface area contributed by atoms with E-state index < -0.39 is 0 Å². The van der Waals surface area contributed by atoms with Crippen molar-refractivity contribution in [2.24, 2.45) is 0 Å². The van der Waals surface area contributed by atoms with E-state index in [1.54, 1.807) is 0 Å². The molecule has 0 unspecified atom stereocenters. The number of aliphatic hydroxyl groups is 1. The Balaban J connectivity index is 1.37. The Labute approximate surface area is 183 Å². The van der Waals surface area contributed by atoms with Crippen LogP contribution in [0.5, 0.6) is 0 Å². The van der Waals surface area contributed by atoms with Crippen LogP contribution in [0.15, 0.2) is 24.4 Å². The second kappa shape index (κ2) is 11.1. The summed E-state index contributed by atoms with van der Waals surface area (Å²) in [5, 5.41) is 9.80. The normalized spacial score (nSPS) is 14.3. The minimum atomic E-state index is -0.381. The average molecular weight is 428 g/mol. The van der Waals surface area contributed by atoms with Crippen LogP contribution in [-0.4, -0.2) is 70.3 Å². The highest BCUT2D eigenvalue weighted by atomic mass is 16.3. The fourth-order valence-corrected chi connectivity index (χ4v) is 4.11. The largest absolute Gasteiger partial charge is 0.389 e. The van der Waals surface area contributed by atoms with Gasteiger partial charge >= 0.3 is 0 Å². The molecule has 1 aromatic heterocycles. The third kappa shape index (κ3) is 6.40. The first kappa shape index (κ1) is 23.0. The van der Waals surface area contributed by atoms with Crippen LogP contribution >= 0.6 is 0 Å². The van der Waals surface area contributed by atoms with Crippen LogP contribution in [0.1, 0.15) is 49.7 Å². The van der Waals surface area contributed by atoms with Gasteiger partial charge in [0.1, 0.15) is 6.61 Å². The van der Waals surface area contributed by atoms with Gasteiger partial charge in [0.15, 0.2) is 5.78 Å². The van der Waals surface area contributed by atoms with Crippen molar-refractivity contribution in [1.29, 1.82) is 0 Å². The average Bonchev–Trinajstić information content (AvgIpc) is 3.17. The Morgan fingerprint density at radius 1 is 0.935 bits per heavy atom. The van der Waals surface area contributed by atoms with Crippen LogP contribution in [0.4, 0.5) is 0 Å². The molecule has 0 spiro atoms. The van der Waals surface area contributed by atoms with E-state index in [1.165, 1.54) is 5.56 Å². The summed E-state index contributed by atoms with van der Waals surface area (Å²) in [5.41, 5.74) is 3.23. The van der Waals surface area contributed by atoms with Gasteiger partial charge in [-0.25, -0.2) is 0 Å². The van der Waals surface area contributed by atoms with Gasteiger partial charge in [0.2, 0.25) is 11.8 Å². The Morgan fingerprint density at radius 2 is 1.58 bits per heavy atom. The van der Waals surface area contributed by atoms with Crippen LogP contribution in [0.3, 0.4) is 0 Å². The molecule has 0 atom stereocenters. The van der Waals surface area contributed by atoms with E-state index >= 15 is 0 Å². The highest BCUT2D eigenvalue weighted by molar-refractivity contribution is 5.89. The van der Waals surface area contributed by atoms with E-state index in [0.29, 0.717) is 45.4 Å². The summed E-state index contributed by atoms with van der Waals surface area (Å²) in [4.78, 5) is 43.2. The van der Waals surface area contributed by atoms with Gasteiger partial charge in [-0.1, -0.05) is 24.5 Å². The summed E-state index contributed by atoms with van der Waals surface area (Å²) in [7, 11) is 0. The van der Waals surface area contributed by atoms with E-state index in [1.807, 2.05) is 29.0 Å². The number of piperazine rings is 1. The van der Waals surface area contributed by atoms with Gasteiger partial charge in [0, 0.05) is 56.1 Å². The first-order valence-corrected chi connectivity index (χ1v) is 11.2. The summed E-state index contributed by atoms with van der Waals surface area (Å²) in [6.07, 6.45) is 6.60. The number of unbranched alkanes of at least 4 members (excludes halogenated alkanes) is 3. The van der Waals surface area contributed by atoms with E-state index in [0.717, 1.165) is 42.1 Å². The van der Waals surface area contributed by atoms with Crippen LogP contribution in [-0.2, 0) is 20.8 Å². The fraction of sp³-hybridized carbons (Fsp3) is 0.542. The molecule has 7 heteroatoms. The van der Waals surface area contributed by atoms with Gasteiger partial charge in [0.05, 0.1) is 6.42 Å². The van der Waals surface area contributed by atoms with Crippen LogP contribution in [0.25, 0.3) is 10.9 Å². The summed E-state index contributed by atoms with van der Waals surface area (Å²) < 4.78 is 0.